The maximum absolute atomic E-state index is 6.14. The van der Waals surface area contributed by atoms with Crippen LogP contribution >= 0.6 is 11.6 Å². The highest BCUT2D eigenvalue weighted by molar-refractivity contribution is 6.30. The van der Waals surface area contributed by atoms with Gasteiger partial charge >= 0.3 is 0 Å². The molecule has 0 fully saturated rings. The molecule has 0 saturated heterocycles. The molecular weight excluding hydrogens is 250 g/mol. The van der Waals surface area contributed by atoms with Crippen LogP contribution in [0.3, 0.4) is 0 Å². The van der Waals surface area contributed by atoms with E-state index in [2.05, 4.69) is 10.4 Å². The maximum atomic E-state index is 6.14. The summed E-state index contributed by atoms with van der Waals surface area (Å²) in [5, 5.41) is 7.93. The van der Waals surface area contributed by atoms with Crippen molar-refractivity contribution in [2.24, 2.45) is 7.05 Å². The van der Waals surface area contributed by atoms with E-state index in [4.69, 9.17) is 16.3 Å². The smallest absolute Gasteiger partial charge is 0.133 e. The van der Waals surface area contributed by atoms with Crippen LogP contribution in [-0.2, 0) is 13.7 Å². The molecule has 2 aromatic rings. The molecule has 0 amide bonds. The van der Waals surface area contributed by atoms with Gasteiger partial charge in [0.25, 0.3) is 0 Å². The molecule has 0 unspecified atom stereocenters. The number of halogens is 1. The molecule has 0 aliphatic rings. The van der Waals surface area contributed by atoms with Gasteiger partial charge in [0, 0.05) is 25.3 Å². The van der Waals surface area contributed by atoms with Crippen LogP contribution in [0.25, 0.3) is 0 Å². The summed E-state index contributed by atoms with van der Waals surface area (Å²) in [7, 11) is 3.70. The van der Waals surface area contributed by atoms with Crippen molar-refractivity contribution in [3.05, 3.63) is 40.7 Å². The molecule has 1 heterocycles. The Morgan fingerprint density at radius 2 is 2.00 bits per heavy atom. The molecule has 0 spiro atoms. The first-order valence-corrected chi connectivity index (χ1v) is 6.08. The third-order valence-corrected chi connectivity index (χ3v) is 3.27. The summed E-state index contributed by atoms with van der Waals surface area (Å²) in [6.45, 7) is 2.35. The largest absolute Gasteiger partial charge is 0.489 e. The fourth-order valence-electron chi connectivity index (χ4n) is 1.71. The highest BCUT2D eigenvalue weighted by atomic mass is 35.5. The van der Waals surface area contributed by atoms with Crippen molar-refractivity contribution in [3.8, 4) is 5.75 Å². The van der Waals surface area contributed by atoms with Crippen LogP contribution in [0.15, 0.2) is 24.3 Å². The first-order chi connectivity index (χ1) is 8.61. The average Bonchev–Trinajstić information content (AvgIpc) is 2.62. The zero-order chi connectivity index (χ0) is 13.1. The summed E-state index contributed by atoms with van der Waals surface area (Å²) >= 11 is 6.14. The number of hydrogen-bond donors (Lipinski definition) is 1. The third kappa shape index (κ3) is 2.59. The van der Waals surface area contributed by atoms with Gasteiger partial charge in [0.05, 0.1) is 5.69 Å². The molecule has 0 saturated carbocycles. The molecule has 96 valence electrons. The molecule has 0 radical (unpaired) electrons. The van der Waals surface area contributed by atoms with Crippen molar-refractivity contribution in [3.63, 3.8) is 0 Å². The molecule has 0 aliphatic carbocycles. The standard InChI is InChI=1S/C13H16ClN3O/c1-9-12(13(14)17(3)16-9)8-18-11-6-4-10(15-2)5-7-11/h4-7,15H,8H2,1-3H3. The summed E-state index contributed by atoms with van der Waals surface area (Å²) in [6, 6.07) is 7.77. The lowest BCUT2D eigenvalue weighted by Crippen LogP contribution is -1.97. The van der Waals surface area contributed by atoms with Crippen LogP contribution < -0.4 is 10.1 Å². The van der Waals surface area contributed by atoms with E-state index in [9.17, 15) is 0 Å². The monoisotopic (exact) mass is 265 g/mol. The van der Waals surface area contributed by atoms with Gasteiger partial charge in [-0.2, -0.15) is 5.10 Å². The van der Waals surface area contributed by atoms with Crippen LogP contribution in [0.1, 0.15) is 11.3 Å². The minimum atomic E-state index is 0.428. The second kappa shape index (κ2) is 5.31. The van der Waals surface area contributed by atoms with Crippen LogP contribution in [0.5, 0.6) is 5.75 Å². The third-order valence-electron chi connectivity index (χ3n) is 2.80. The van der Waals surface area contributed by atoms with Gasteiger partial charge < -0.3 is 10.1 Å². The molecule has 2 rings (SSSR count). The van der Waals surface area contributed by atoms with Crippen molar-refractivity contribution in [1.82, 2.24) is 9.78 Å². The summed E-state index contributed by atoms with van der Waals surface area (Å²) in [5.74, 6) is 0.813. The first-order valence-electron chi connectivity index (χ1n) is 5.70. The van der Waals surface area contributed by atoms with Crippen molar-refractivity contribution in [1.29, 1.82) is 0 Å². The van der Waals surface area contributed by atoms with E-state index in [1.165, 1.54) is 0 Å². The van der Waals surface area contributed by atoms with Crippen LogP contribution in [0.2, 0.25) is 5.15 Å². The van der Waals surface area contributed by atoms with E-state index in [0.717, 1.165) is 22.7 Å². The molecule has 18 heavy (non-hydrogen) atoms. The Bertz CT molecular complexity index is 534. The maximum Gasteiger partial charge on any atom is 0.133 e. The van der Waals surface area contributed by atoms with Gasteiger partial charge in [-0.25, -0.2) is 0 Å². The van der Waals surface area contributed by atoms with Gasteiger partial charge in [-0.3, -0.25) is 4.68 Å². The first kappa shape index (κ1) is 12.8. The van der Waals surface area contributed by atoms with Crippen molar-refractivity contribution in [2.45, 2.75) is 13.5 Å². The van der Waals surface area contributed by atoms with E-state index < -0.39 is 0 Å². The number of hydrogen-bond acceptors (Lipinski definition) is 3. The molecule has 0 aliphatic heterocycles. The Morgan fingerprint density at radius 1 is 1.33 bits per heavy atom. The minimum Gasteiger partial charge on any atom is -0.489 e. The highest BCUT2D eigenvalue weighted by Gasteiger charge is 2.11. The van der Waals surface area contributed by atoms with Gasteiger partial charge in [0.1, 0.15) is 17.5 Å². The summed E-state index contributed by atoms with van der Waals surface area (Å²) in [6.07, 6.45) is 0. The second-order valence-corrected chi connectivity index (χ2v) is 4.40. The number of aryl methyl sites for hydroxylation is 2. The molecular formula is C13H16ClN3O. The lowest BCUT2D eigenvalue weighted by Gasteiger charge is -2.07. The quantitative estimate of drug-likeness (QED) is 0.924. The predicted octanol–water partition coefficient (Wildman–Crippen LogP) is 3.00. The summed E-state index contributed by atoms with van der Waals surface area (Å²) in [5.41, 5.74) is 2.88. The molecule has 5 heteroatoms. The van der Waals surface area contributed by atoms with Gasteiger partial charge in [-0.1, -0.05) is 11.6 Å². The van der Waals surface area contributed by atoms with E-state index in [0.29, 0.717) is 11.8 Å². The van der Waals surface area contributed by atoms with E-state index in [-0.39, 0.29) is 0 Å². The fraction of sp³-hybridized carbons (Fsp3) is 0.308. The SMILES string of the molecule is CNc1ccc(OCc2c(C)nn(C)c2Cl)cc1. The van der Waals surface area contributed by atoms with Crippen LogP contribution in [0.4, 0.5) is 5.69 Å². The van der Waals surface area contributed by atoms with Crippen molar-refractivity contribution < 1.29 is 4.74 Å². The lowest BCUT2D eigenvalue weighted by atomic mass is 10.3. The van der Waals surface area contributed by atoms with E-state index in [1.54, 1.807) is 4.68 Å². The Morgan fingerprint density at radius 3 is 2.50 bits per heavy atom. The molecule has 1 N–H and O–H groups in total. The molecule has 1 aromatic heterocycles. The summed E-state index contributed by atoms with van der Waals surface area (Å²) in [4.78, 5) is 0. The van der Waals surface area contributed by atoms with E-state index >= 15 is 0 Å². The second-order valence-electron chi connectivity index (χ2n) is 4.04. The van der Waals surface area contributed by atoms with Crippen LogP contribution in [-0.4, -0.2) is 16.8 Å². The normalized spacial score (nSPS) is 10.4. The van der Waals surface area contributed by atoms with Crippen molar-refractivity contribution in [2.75, 3.05) is 12.4 Å². The number of benzene rings is 1. The Kier molecular flexibility index (Phi) is 3.77. The Balaban J connectivity index is 2.06. The lowest BCUT2D eigenvalue weighted by molar-refractivity contribution is 0.305. The Hall–Kier alpha value is -1.68. The van der Waals surface area contributed by atoms with Crippen molar-refractivity contribution >= 4 is 17.3 Å². The average molecular weight is 266 g/mol. The van der Waals surface area contributed by atoms with Gasteiger partial charge in [0.15, 0.2) is 0 Å². The van der Waals surface area contributed by atoms with Gasteiger partial charge in [-0.05, 0) is 31.2 Å². The predicted molar refractivity (Wildman–Crippen MR) is 73.3 cm³/mol. The topological polar surface area (TPSA) is 39.1 Å². The van der Waals surface area contributed by atoms with Gasteiger partial charge in [0.2, 0.25) is 0 Å². The zero-order valence-electron chi connectivity index (χ0n) is 10.7. The minimum absolute atomic E-state index is 0.428. The molecule has 4 nitrogen and oxygen atoms in total. The summed E-state index contributed by atoms with van der Waals surface area (Å²) < 4.78 is 7.35. The van der Waals surface area contributed by atoms with Gasteiger partial charge in [-0.15, -0.1) is 0 Å². The number of nitrogens with one attached hydrogen (secondary N) is 1. The highest BCUT2D eigenvalue weighted by Crippen LogP contribution is 2.22. The molecule has 0 atom stereocenters. The fourth-order valence-corrected chi connectivity index (χ4v) is 1.94. The molecule has 1 aromatic carbocycles. The van der Waals surface area contributed by atoms with E-state index in [1.807, 2.05) is 45.3 Å². The van der Waals surface area contributed by atoms with Crippen LogP contribution in [0, 0.1) is 6.92 Å². The zero-order valence-corrected chi connectivity index (χ0v) is 11.5. The number of aromatic nitrogens is 2. The number of anilines is 1. The Labute approximate surface area is 112 Å². The number of nitrogens with zero attached hydrogens (tertiary/aromatic N) is 2. The number of ether oxygens (including phenoxy) is 1. The molecule has 0 bridgehead atoms. The number of rotatable bonds is 4.